The highest BCUT2D eigenvalue weighted by atomic mass is 35.5. The first-order valence-corrected chi connectivity index (χ1v) is 8.93. The number of nitrogens with zero attached hydrogens (tertiary/aromatic N) is 3. The second-order valence-corrected chi connectivity index (χ2v) is 7.16. The number of nitrogen functional groups attached to an aromatic ring is 1. The third kappa shape index (κ3) is 3.48. The Morgan fingerprint density at radius 3 is 2.64 bits per heavy atom. The monoisotopic (exact) mass is 366 g/mol. The van der Waals surface area contributed by atoms with Gasteiger partial charge in [-0.1, -0.05) is 35.9 Å². The minimum atomic E-state index is 0.524. The van der Waals surface area contributed by atoms with Crippen LogP contribution in [0.2, 0.25) is 5.02 Å². The van der Waals surface area contributed by atoms with Gasteiger partial charge in [-0.2, -0.15) is 0 Å². The number of fused-ring (bicyclic) bond motifs is 1. The molecule has 124 valence electrons. The summed E-state index contributed by atoms with van der Waals surface area (Å²) in [4.78, 5) is 9.85. The van der Waals surface area contributed by atoms with Crippen LogP contribution in [-0.4, -0.2) is 13.9 Å². The van der Waals surface area contributed by atoms with Crippen LogP contribution in [-0.2, 0) is 6.42 Å². The summed E-state index contributed by atoms with van der Waals surface area (Å²) in [5.74, 6) is 0.524. The van der Waals surface area contributed by atoms with Crippen LogP contribution in [0.4, 0.5) is 5.82 Å². The first-order chi connectivity index (χ1) is 12.2. The molecule has 0 bridgehead atoms. The number of hydrogen-bond acceptors (Lipinski definition) is 4. The number of halogens is 1. The van der Waals surface area contributed by atoms with Crippen LogP contribution in [0.1, 0.15) is 11.1 Å². The van der Waals surface area contributed by atoms with Crippen molar-refractivity contribution >= 4 is 40.4 Å². The van der Waals surface area contributed by atoms with Crippen molar-refractivity contribution in [3.05, 3.63) is 83.3 Å². The Bertz CT molecular complexity index is 1010. The molecule has 3 heterocycles. The van der Waals surface area contributed by atoms with E-state index in [9.17, 15) is 0 Å². The van der Waals surface area contributed by atoms with Gasteiger partial charge >= 0.3 is 0 Å². The van der Waals surface area contributed by atoms with Crippen molar-refractivity contribution in [2.45, 2.75) is 11.3 Å². The summed E-state index contributed by atoms with van der Waals surface area (Å²) in [5, 5.41) is 1.68. The molecule has 0 saturated carbocycles. The summed E-state index contributed by atoms with van der Waals surface area (Å²) >= 11 is 7.81. The second kappa shape index (κ2) is 6.78. The Morgan fingerprint density at radius 1 is 1.04 bits per heavy atom. The number of hydrogen-bond donors (Lipinski definition) is 1. The van der Waals surface area contributed by atoms with E-state index in [2.05, 4.69) is 32.3 Å². The summed E-state index contributed by atoms with van der Waals surface area (Å²) in [6.45, 7) is 0. The Morgan fingerprint density at radius 2 is 1.88 bits per heavy atom. The van der Waals surface area contributed by atoms with Crippen LogP contribution in [0.3, 0.4) is 0 Å². The maximum absolute atomic E-state index is 6.18. The van der Waals surface area contributed by atoms with Gasteiger partial charge in [-0.25, -0.2) is 9.97 Å². The van der Waals surface area contributed by atoms with Crippen LogP contribution in [0.25, 0.3) is 11.0 Å². The molecule has 6 heteroatoms. The van der Waals surface area contributed by atoms with Crippen molar-refractivity contribution in [2.24, 2.45) is 0 Å². The predicted octanol–water partition coefficient (Wildman–Crippen LogP) is 4.81. The van der Waals surface area contributed by atoms with Gasteiger partial charge in [0.2, 0.25) is 0 Å². The van der Waals surface area contributed by atoms with Crippen molar-refractivity contribution < 1.29 is 0 Å². The van der Waals surface area contributed by atoms with Crippen LogP contribution in [0.15, 0.2) is 72.0 Å². The van der Waals surface area contributed by atoms with Crippen LogP contribution >= 0.6 is 23.5 Å². The van der Waals surface area contributed by atoms with E-state index in [1.54, 1.807) is 24.3 Å². The van der Waals surface area contributed by atoms with E-state index in [-0.39, 0.29) is 0 Å². The minimum Gasteiger partial charge on any atom is -0.384 e. The molecule has 3 aromatic heterocycles. The SMILES string of the molecule is Nc1ccc(Cc2cn(Sc3ccccc3)c3ncc(Cl)cc23)cn1. The van der Waals surface area contributed by atoms with E-state index in [4.69, 9.17) is 17.3 Å². The number of pyridine rings is 2. The number of anilines is 1. The standard InChI is InChI=1S/C19H15ClN4S/c20-15-9-17-14(8-13-6-7-18(21)22-10-13)12-24(19(17)23-11-15)25-16-4-2-1-3-5-16/h1-7,9-12H,8H2,(H2,21,22). The summed E-state index contributed by atoms with van der Waals surface area (Å²) in [5.41, 5.74) is 8.82. The zero-order chi connectivity index (χ0) is 17.2. The fourth-order valence-electron chi connectivity index (χ4n) is 2.68. The molecule has 4 rings (SSSR count). The first-order valence-electron chi connectivity index (χ1n) is 7.78. The van der Waals surface area contributed by atoms with Gasteiger partial charge in [0, 0.05) is 35.3 Å². The molecule has 25 heavy (non-hydrogen) atoms. The van der Waals surface area contributed by atoms with E-state index in [0.29, 0.717) is 10.8 Å². The molecule has 0 fully saturated rings. The third-order valence-corrected chi connectivity index (χ3v) is 5.01. The molecule has 0 radical (unpaired) electrons. The fraction of sp³-hybridized carbons (Fsp3) is 0.0526. The molecule has 1 aromatic carbocycles. The zero-order valence-corrected chi connectivity index (χ0v) is 14.8. The molecule has 0 atom stereocenters. The molecule has 0 saturated heterocycles. The number of aromatic nitrogens is 3. The van der Waals surface area contributed by atoms with Gasteiger partial charge in [-0.15, -0.1) is 0 Å². The van der Waals surface area contributed by atoms with E-state index >= 15 is 0 Å². The van der Waals surface area contributed by atoms with Crippen molar-refractivity contribution in [1.29, 1.82) is 0 Å². The van der Waals surface area contributed by atoms with Crippen molar-refractivity contribution in [3.63, 3.8) is 0 Å². The Kier molecular flexibility index (Phi) is 4.34. The molecular weight excluding hydrogens is 352 g/mol. The lowest BCUT2D eigenvalue weighted by atomic mass is 10.1. The maximum Gasteiger partial charge on any atom is 0.150 e. The lowest BCUT2D eigenvalue weighted by Crippen LogP contribution is -1.92. The summed E-state index contributed by atoms with van der Waals surface area (Å²) < 4.78 is 2.08. The van der Waals surface area contributed by atoms with Crippen molar-refractivity contribution in [1.82, 2.24) is 13.9 Å². The van der Waals surface area contributed by atoms with Crippen LogP contribution in [0.5, 0.6) is 0 Å². The van der Waals surface area contributed by atoms with Crippen LogP contribution < -0.4 is 5.73 Å². The van der Waals surface area contributed by atoms with Crippen LogP contribution in [0, 0.1) is 0 Å². The lowest BCUT2D eigenvalue weighted by molar-refractivity contribution is 1.15. The number of rotatable bonds is 4. The molecule has 4 aromatic rings. The highest BCUT2D eigenvalue weighted by Crippen LogP contribution is 2.30. The number of benzene rings is 1. The molecule has 0 amide bonds. The van der Waals surface area contributed by atoms with Gasteiger partial charge < -0.3 is 5.73 Å². The molecule has 0 aliphatic carbocycles. The third-order valence-electron chi connectivity index (χ3n) is 3.85. The lowest BCUT2D eigenvalue weighted by Gasteiger charge is -2.03. The summed E-state index contributed by atoms with van der Waals surface area (Å²) in [6.07, 6.45) is 6.34. The number of nitrogens with two attached hydrogens (primary N) is 1. The highest BCUT2D eigenvalue weighted by molar-refractivity contribution is 7.98. The van der Waals surface area contributed by atoms with Gasteiger partial charge in [0.05, 0.1) is 5.02 Å². The maximum atomic E-state index is 6.18. The summed E-state index contributed by atoms with van der Waals surface area (Å²) in [6, 6.07) is 16.0. The van der Waals surface area contributed by atoms with E-state index < -0.39 is 0 Å². The summed E-state index contributed by atoms with van der Waals surface area (Å²) in [7, 11) is 0. The zero-order valence-electron chi connectivity index (χ0n) is 13.3. The predicted molar refractivity (Wildman–Crippen MR) is 104 cm³/mol. The Balaban J connectivity index is 1.75. The molecule has 2 N–H and O–H groups in total. The van der Waals surface area contributed by atoms with Gasteiger partial charge in [0.15, 0.2) is 5.65 Å². The van der Waals surface area contributed by atoms with Crippen molar-refractivity contribution in [2.75, 3.05) is 5.73 Å². The normalized spacial score (nSPS) is 11.1. The molecule has 0 spiro atoms. The molecule has 0 aliphatic rings. The van der Waals surface area contributed by atoms with E-state index in [0.717, 1.165) is 33.5 Å². The first kappa shape index (κ1) is 16.0. The largest absolute Gasteiger partial charge is 0.384 e. The molecule has 0 unspecified atom stereocenters. The Hall–Kier alpha value is -2.50. The quantitative estimate of drug-likeness (QED) is 0.563. The molecular formula is C19H15ClN4S. The fourth-order valence-corrected chi connectivity index (χ4v) is 3.76. The van der Waals surface area contributed by atoms with Gasteiger partial charge in [0.1, 0.15) is 5.82 Å². The highest BCUT2D eigenvalue weighted by Gasteiger charge is 2.12. The van der Waals surface area contributed by atoms with Gasteiger partial charge in [-0.3, -0.25) is 3.97 Å². The van der Waals surface area contributed by atoms with E-state index in [1.165, 1.54) is 0 Å². The van der Waals surface area contributed by atoms with Gasteiger partial charge in [-0.05, 0) is 47.3 Å². The van der Waals surface area contributed by atoms with Gasteiger partial charge in [0.25, 0.3) is 0 Å². The average molecular weight is 367 g/mol. The van der Waals surface area contributed by atoms with Crippen molar-refractivity contribution in [3.8, 4) is 0 Å². The Labute approximate surface area is 154 Å². The topological polar surface area (TPSA) is 56.7 Å². The minimum absolute atomic E-state index is 0.524. The molecule has 4 nitrogen and oxygen atoms in total. The molecule has 0 aliphatic heterocycles. The average Bonchev–Trinajstić information content (AvgIpc) is 2.94. The smallest absolute Gasteiger partial charge is 0.150 e. The van der Waals surface area contributed by atoms with E-state index in [1.807, 2.05) is 36.4 Å². The second-order valence-electron chi connectivity index (χ2n) is 5.68.